The van der Waals surface area contributed by atoms with E-state index in [0.717, 1.165) is 22.2 Å². The number of carbonyl (C=O) groups is 2. The smallest absolute Gasteiger partial charge is 0.312 e. The summed E-state index contributed by atoms with van der Waals surface area (Å²) in [6.45, 7) is 12.7. The van der Waals surface area contributed by atoms with Crippen LogP contribution < -0.4 is 0 Å². The van der Waals surface area contributed by atoms with Crippen molar-refractivity contribution in [2.45, 2.75) is 60.0 Å². The van der Waals surface area contributed by atoms with Crippen molar-refractivity contribution in [3.05, 3.63) is 47.7 Å². The number of pyridine rings is 1. The molecule has 2 aromatic rings. The van der Waals surface area contributed by atoms with Crippen LogP contribution in [-0.4, -0.2) is 27.6 Å². The number of rotatable bonds is 6. The molecule has 1 unspecified atom stereocenters. The van der Waals surface area contributed by atoms with Gasteiger partial charge in [-0.15, -0.1) is 0 Å². The number of fused-ring (bicyclic) bond motifs is 1. The molecule has 0 radical (unpaired) electrons. The summed E-state index contributed by atoms with van der Waals surface area (Å²) in [7, 11) is 0. The molecule has 156 valence electrons. The maximum absolute atomic E-state index is 12.4. The molecule has 2 rings (SSSR count). The van der Waals surface area contributed by atoms with Gasteiger partial charge in [0.15, 0.2) is 0 Å². The van der Waals surface area contributed by atoms with Crippen molar-refractivity contribution in [1.82, 2.24) is 4.98 Å². The minimum absolute atomic E-state index is 0.0978. The van der Waals surface area contributed by atoms with Crippen molar-refractivity contribution in [1.29, 1.82) is 0 Å². The van der Waals surface area contributed by atoms with Crippen molar-refractivity contribution >= 4 is 28.9 Å². The zero-order chi connectivity index (χ0) is 22.0. The highest BCUT2D eigenvalue weighted by molar-refractivity contribution is 5.82. The topological polar surface area (TPSA) is 76.5 Å². The SMILES string of the molecule is CC(C(=O)OC(C)(C)C)[C@H](C)c1ccc2ccc(/C=C/C(C)(C)C(=O)O)cc2n1. The Labute approximate surface area is 172 Å². The Morgan fingerprint density at radius 3 is 2.28 bits per heavy atom. The lowest BCUT2D eigenvalue weighted by Crippen LogP contribution is -2.29. The molecule has 0 saturated heterocycles. The Balaban J connectivity index is 2.29. The van der Waals surface area contributed by atoms with Gasteiger partial charge in [0.2, 0.25) is 0 Å². The van der Waals surface area contributed by atoms with Crippen LogP contribution in [-0.2, 0) is 14.3 Å². The second kappa shape index (κ2) is 8.36. The number of hydrogen-bond donors (Lipinski definition) is 1. The summed E-state index contributed by atoms with van der Waals surface area (Å²) in [5, 5.41) is 10.2. The van der Waals surface area contributed by atoms with Crippen molar-refractivity contribution < 1.29 is 19.4 Å². The van der Waals surface area contributed by atoms with E-state index in [-0.39, 0.29) is 17.8 Å². The lowest BCUT2D eigenvalue weighted by atomic mass is 9.91. The normalized spacial score (nSPS) is 14.7. The molecule has 1 N–H and O–H groups in total. The number of carboxylic acids is 1. The third-order valence-corrected chi connectivity index (χ3v) is 4.98. The van der Waals surface area contributed by atoms with Gasteiger partial charge < -0.3 is 9.84 Å². The quantitative estimate of drug-likeness (QED) is 0.657. The van der Waals surface area contributed by atoms with E-state index in [1.165, 1.54) is 0 Å². The van der Waals surface area contributed by atoms with Gasteiger partial charge in [0.05, 0.1) is 16.8 Å². The molecule has 0 aliphatic heterocycles. The average Bonchev–Trinajstić information content (AvgIpc) is 2.63. The number of benzene rings is 1. The predicted octanol–water partition coefficient (Wildman–Crippen LogP) is 5.44. The van der Waals surface area contributed by atoms with E-state index >= 15 is 0 Å². The van der Waals surface area contributed by atoms with Crippen molar-refractivity contribution in [3.63, 3.8) is 0 Å². The second-order valence-corrected chi connectivity index (χ2v) is 9.16. The monoisotopic (exact) mass is 397 g/mol. The molecule has 0 aliphatic carbocycles. The molecule has 1 aromatic heterocycles. The molecule has 2 atom stereocenters. The van der Waals surface area contributed by atoms with E-state index in [0.29, 0.717) is 0 Å². The summed E-state index contributed by atoms with van der Waals surface area (Å²) < 4.78 is 5.51. The molecule has 1 heterocycles. The molecule has 0 spiro atoms. The summed E-state index contributed by atoms with van der Waals surface area (Å²) in [5.74, 6) is -1.53. The van der Waals surface area contributed by atoms with Crippen LogP contribution in [0.1, 0.15) is 65.6 Å². The number of carbonyl (C=O) groups excluding carboxylic acids is 1. The van der Waals surface area contributed by atoms with Crippen LogP contribution in [0.25, 0.3) is 17.0 Å². The van der Waals surface area contributed by atoms with Crippen LogP contribution >= 0.6 is 0 Å². The maximum atomic E-state index is 12.4. The summed E-state index contributed by atoms with van der Waals surface area (Å²) in [4.78, 5) is 28.5. The predicted molar refractivity (Wildman–Crippen MR) is 116 cm³/mol. The van der Waals surface area contributed by atoms with Crippen molar-refractivity contribution in [3.8, 4) is 0 Å². The Morgan fingerprint density at radius 2 is 1.69 bits per heavy atom. The van der Waals surface area contributed by atoms with Gasteiger partial charge in [0.1, 0.15) is 5.60 Å². The van der Waals surface area contributed by atoms with E-state index in [1.807, 2.05) is 65.0 Å². The number of aliphatic carboxylic acids is 1. The third kappa shape index (κ3) is 5.89. The Hall–Kier alpha value is -2.69. The first-order valence-corrected chi connectivity index (χ1v) is 9.86. The van der Waals surface area contributed by atoms with Gasteiger partial charge in [0, 0.05) is 17.0 Å². The standard InChI is InChI=1S/C24H31NO4/c1-15(16(2)21(26)29-23(3,4)5)19-11-10-18-9-8-17(14-20(18)25-19)12-13-24(6,7)22(27)28/h8-16H,1-7H3,(H,27,28)/b13-12+/t15-,16?/m0/s1. The number of hydrogen-bond acceptors (Lipinski definition) is 4. The van der Waals surface area contributed by atoms with Crippen LogP contribution in [0.5, 0.6) is 0 Å². The zero-order valence-corrected chi connectivity index (χ0v) is 18.3. The van der Waals surface area contributed by atoms with Gasteiger partial charge in [-0.1, -0.05) is 44.2 Å². The molecule has 0 fully saturated rings. The van der Waals surface area contributed by atoms with Gasteiger partial charge in [-0.25, -0.2) is 0 Å². The van der Waals surface area contributed by atoms with E-state index in [2.05, 4.69) is 0 Å². The molecule has 5 heteroatoms. The molecule has 0 amide bonds. The molecule has 29 heavy (non-hydrogen) atoms. The molecular weight excluding hydrogens is 366 g/mol. The van der Waals surface area contributed by atoms with Crippen LogP contribution in [0.3, 0.4) is 0 Å². The summed E-state index contributed by atoms with van der Waals surface area (Å²) in [5.41, 5.74) is 1.04. The van der Waals surface area contributed by atoms with E-state index < -0.39 is 17.0 Å². The van der Waals surface area contributed by atoms with Gasteiger partial charge in [0.25, 0.3) is 0 Å². The summed E-state index contributed by atoms with van der Waals surface area (Å²) in [6.07, 6.45) is 3.47. The van der Waals surface area contributed by atoms with Crippen LogP contribution in [0.2, 0.25) is 0 Å². The molecule has 0 saturated carbocycles. The first-order chi connectivity index (χ1) is 13.3. The summed E-state index contributed by atoms with van der Waals surface area (Å²) in [6, 6.07) is 9.76. The number of aromatic nitrogens is 1. The highest BCUT2D eigenvalue weighted by atomic mass is 16.6. The second-order valence-electron chi connectivity index (χ2n) is 9.16. The van der Waals surface area contributed by atoms with E-state index in [4.69, 9.17) is 9.72 Å². The minimum Gasteiger partial charge on any atom is -0.481 e. The fourth-order valence-corrected chi connectivity index (χ4v) is 2.74. The maximum Gasteiger partial charge on any atom is 0.312 e. The Morgan fingerprint density at radius 1 is 1.07 bits per heavy atom. The molecule has 1 aromatic carbocycles. The lowest BCUT2D eigenvalue weighted by Gasteiger charge is -2.25. The van der Waals surface area contributed by atoms with Crippen LogP contribution in [0.4, 0.5) is 0 Å². The van der Waals surface area contributed by atoms with E-state index in [9.17, 15) is 14.7 Å². The number of carboxylic acid groups (broad SMARTS) is 1. The number of ether oxygens (including phenoxy) is 1. The van der Waals surface area contributed by atoms with Gasteiger partial charge >= 0.3 is 11.9 Å². The molecule has 0 bridgehead atoms. The average molecular weight is 398 g/mol. The van der Waals surface area contributed by atoms with Gasteiger partial charge in [-0.05, 0) is 52.3 Å². The lowest BCUT2D eigenvalue weighted by molar-refractivity contribution is -0.160. The number of nitrogens with zero attached hydrogens (tertiary/aromatic N) is 1. The Kier molecular flexibility index (Phi) is 6.51. The fraction of sp³-hybridized carbons (Fsp3) is 0.458. The first kappa shape index (κ1) is 22.6. The van der Waals surface area contributed by atoms with E-state index in [1.54, 1.807) is 26.0 Å². The highest BCUT2D eigenvalue weighted by Crippen LogP contribution is 2.28. The fourth-order valence-electron chi connectivity index (χ4n) is 2.74. The highest BCUT2D eigenvalue weighted by Gasteiger charge is 2.28. The molecule has 0 aliphatic rings. The molecule has 5 nitrogen and oxygen atoms in total. The van der Waals surface area contributed by atoms with Crippen LogP contribution in [0.15, 0.2) is 36.4 Å². The van der Waals surface area contributed by atoms with Crippen molar-refractivity contribution in [2.24, 2.45) is 11.3 Å². The largest absolute Gasteiger partial charge is 0.481 e. The first-order valence-electron chi connectivity index (χ1n) is 9.86. The zero-order valence-electron chi connectivity index (χ0n) is 18.3. The third-order valence-electron chi connectivity index (χ3n) is 4.98. The minimum atomic E-state index is -0.943. The van der Waals surface area contributed by atoms with Crippen LogP contribution in [0, 0.1) is 11.3 Å². The molecular formula is C24H31NO4. The van der Waals surface area contributed by atoms with Gasteiger partial charge in [-0.2, -0.15) is 0 Å². The summed E-state index contributed by atoms with van der Waals surface area (Å²) >= 11 is 0. The Bertz CT molecular complexity index is 938. The van der Waals surface area contributed by atoms with Gasteiger partial charge in [-0.3, -0.25) is 14.6 Å². The number of esters is 1. The van der Waals surface area contributed by atoms with Crippen molar-refractivity contribution in [2.75, 3.05) is 0 Å².